The predicted molar refractivity (Wildman–Crippen MR) is 122 cm³/mol. The number of hydrogen-bond acceptors (Lipinski definition) is 6. The van der Waals surface area contributed by atoms with Gasteiger partial charge in [-0.2, -0.15) is 0 Å². The van der Waals surface area contributed by atoms with E-state index in [4.69, 9.17) is 4.74 Å². The molecule has 0 spiro atoms. The Kier molecular flexibility index (Phi) is 5.82. The van der Waals surface area contributed by atoms with Crippen molar-refractivity contribution in [3.05, 3.63) is 105 Å². The lowest BCUT2D eigenvalue weighted by Gasteiger charge is -2.28. The average Bonchev–Trinajstić information content (AvgIpc) is 2.82. The molecular formula is C25H18N2O6. The SMILES string of the molecule is CCOC(=O)c1ccc(N2C(=O)/C(=C\c3ccccc3[N+](=O)[O-])c3ccccc3C2=O)cc1. The third-order valence-electron chi connectivity index (χ3n) is 5.15. The summed E-state index contributed by atoms with van der Waals surface area (Å²) in [6.45, 7) is 1.92. The number of carbonyl (C=O) groups excluding carboxylic acids is 3. The van der Waals surface area contributed by atoms with E-state index in [2.05, 4.69) is 0 Å². The second kappa shape index (κ2) is 8.88. The first kappa shape index (κ1) is 21.6. The number of anilines is 1. The Morgan fingerprint density at radius 2 is 1.58 bits per heavy atom. The lowest BCUT2D eigenvalue weighted by Crippen LogP contribution is -2.41. The second-order valence-electron chi connectivity index (χ2n) is 7.13. The number of fused-ring (bicyclic) bond motifs is 1. The number of amides is 2. The monoisotopic (exact) mass is 442 g/mol. The van der Waals surface area contributed by atoms with E-state index in [9.17, 15) is 24.5 Å². The number of para-hydroxylation sites is 1. The fourth-order valence-electron chi connectivity index (χ4n) is 3.62. The van der Waals surface area contributed by atoms with Crippen LogP contribution in [0.5, 0.6) is 0 Å². The number of hydrogen-bond donors (Lipinski definition) is 0. The van der Waals surface area contributed by atoms with Gasteiger partial charge >= 0.3 is 5.97 Å². The number of esters is 1. The molecule has 2 amide bonds. The summed E-state index contributed by atoms with van der Waals surface area (Å²) in [5.74, 6) is -1.66. The highest BCUT2D eigenvalue weighted by atomic mass is 16.6. The van der Waals surface area contributed by atoms with Gasteiger partial charge in [0.25, 0.3) is 17.5 Å². The van der Waals surface area contributed by atoms with Crippen molar-refractivity contribution in [1.29, 1.82) is 0 Å². The molecule has 1 aliphatic rings. The van der Waals surface area contributed by atoms with E-state index in [-0.39, 0.29) is 40.2 Å². The second-order valence-corrected chi connectivity index (χ2v) is 7.13. The van der Waals surface area contributed by atoms with Gasteiger partial charge in [0.2, 0.25) is 0 Å². The van der Waals surface area contributed by atoms with Gasteiger partial charge in [-0.05, 0) is 55.0 Å². The summed E-state index contributed by atoms with van der Waals surface area (Å²) in [5.41, 5.74) is 1.47. The average molecular weight is 442 g/mol. The summed E-state index contributed by atoms with van der Waals surface area (Å²) < 4.78 is 4.97. The number of imide groups is 1. The highest BCUT2D eigenvalue weighted by molar-refractivity contribution is 6.43. The van der Waals surface area contributed by atoms with Crippen LogP contribution in [0.2, 0.25) is 0 Å². The lowest BCUT2D eigenvalue weighted by molar-refractivity contribution is -0.385. The maximum Gasteiger partial charge on any atom is 0.338 e. The van der Waals surface area contributed by atoms with Crippen molar-refractivity contribution in [2.24, 2.45) is 0 Å². The summed E-state index contributed by atoms with van der Waals surface area (Å²) >= 11 is 0. The van der Waals surface area contributed by atoms with Crippen molar-refractivity contribution in [3.63, 3.8) is 0 Å². The minimum Gasteiger partial charge on any atom is -0.462 e. The molecule has 3 aromatic carbocycles. The third-order valence-corrected chi connectivity index (χ3v) is 5.15. The molecule has 0 atom stereocenters. The minimum atomic E-state index is -0.624. The van der Waals surface area contributed by atoms with Crippen LogP contribution in [0.15, 0.2) is 72.8 Å². The molecule has 164 valence electrons. The van der Waals surface area contributed by atoms with Gasteiger partial charge in [-0.1, -0.05) is 30.3 Å². The van der Waals surface area contributed by atoms with Crippen LogP contribution in [0, 0.1) is 10.1 Å². The van der Waals surface area contributed by atoms with Gasteiger partial charge in [-0.15, -0.1) is 0 Å². The Morgan fingerprint density at radius 1 is 0.939 bits per heavy atom. The molecule has 3 aromatic rings. The van der Waals surface area contributed by atoms with Gasteiger partial charge in [-0.3, -0.25) is 19.7 Å². The van der Waals surface area contributed by atoms with Gasteiger partial charge in [0.1, 0.15) is 0 Å². The highest BCUT2D eigenvalue weighted by Gasteiger charge is 2.36. The van der Waals surface area contributed by atoms with Gasteiger partial charge in [0.05, 0.1) is 28.3 Å². The van der Waals surface area contributed by atoms with Gasteiger partial charge in [0.15, 0.2) is 0 Å². The zero-order chi connectivity index (χ0) is 23.5. The van der Waals surface area contributed by atoms with Crippen LogP contribution in [-0.2, 0) is 9.53 Å². The molecular weight excluding hydrogens is 424 g/mol. The quantitative estimate of drug-likeness (QED) is 0.189. The summed E-state index contributed by atoms with van der Waals surface area (Å²) in [5, 5.41) is 11.5. The van der Waals surface area contributed by atoms with Crippen molar-refractivity contribution < 1.29 is 24.0 Å². The number of nitrogens with zero attached hydrogens (tertiary/aromatic N) is 2. The summed E-state index contributed by atoms with van der Waals surface area (Å²) in [4.78, 5) is 50.5. The molecule has 4 rings (SSSR count). The number of nitro groups is 1. The Labute approximate surface area is 188 Å². The van der Waals surface area contributed by atoms with Crippen molar-refractivity contribution in [2.75, 3.05) is 11.5 Å². The van der Waals surface area contributed by atoms with Crippen LogP contribution in [0.25, 0.3) is 11.6 Å². The first-order valence-electron chi connectivity index (χ1n) is 10.1. The molecule has 0 aromatic heterocycles. The molecule has 33 heavy (non-hydrogen) atoms. The largest absolute Gasteiger partial charge is 0.462 e. The van der Waals surface area contributed by atoms with E-state index >= 15 is 0 Å². The lowest BCUT2D eigenvalue weighted by atomic mass is 9.91. The first-order chi connectivity index (χ1) is 15.9. The zero-order valence-corrected chi connectivity index (χ0v) is 17.6. The Hall–Kier alpha value is -4.59. The molecule has 0 bridgehead atoms. The van der Waals surface area contributed by atoms with E-state index < -0.39 is 22.7 Å². The molecule has 1 aliphatic heterocycles. The van der Waals surface area contributed by atoms with Crippen molar-refractivity contribution >= 4 is 40.8 Å². The smallest absolute Gasteiger partial charge is 0.338 e. The van der Waals surface area contributed by atoms with Crippen LogP contribution in [0.3, 0.4) is 0 Å². The number of carbonyl (C=O) groups is 3. The standard InChI is InChI=1S/C25H18N2O6/c1-2-33-25(30)16-11-13-18(14-12-16)26-23(28)20-9-5-4-8-19(20)21(24(26)29)15-17-7-3-6-10-22(17)27(31)32/h3-15H,2H2,1H3/b21-15-. The maximum atomic E-state index is 13.5. The molecule has 1 heterocycles. The topological polar surface area (TPSA) is 107 Å². The Morgan fingerprint density at radius 3 is 2.24 bits per heavy atom. The van der Waals surface area contributed by atoms with E-state index in [1.165, 1.54) is 48.5 Å². The van der Waals surface area contributed by atoms with Gasteiger partial charge in [0, 0.05) is 17.2 Å². The minimum absolute atomic E-state index is 0.147. The van der Waals surface area contributed by atoms with Crippen LogP contribution < -0.4 is 4.90 Å². The maximum absolute atomic E-state index is 13.5. The fourth-order valence-corrected chi connectivity index (χ4v) is 3.62. The first-order valence-corrected chi connectivity index (χ1v) is 10.1. The van der Waals surface area contributed by atoms with E-state index in [1.54, 1.807) is 37.3 Å². The molecule has 0 aliphatic carbocycles. The van der Waals surface area contributed by atoms with Crippen molar-refractivity contribution in [2.45, 2.75) is 6.92 Å². The number of nitro benzene ring substituents is 1. The molecule has 0 saturated heterocycles. The normalized spacial score (nSPS) is 14.2. The van der Waals surface area contributed by atoms with Crippen molar-refractivity contribution in [3.8, 4) is 0 Å². The molecule has 8 nitrogen and oxygen atoms in total. The number of rotatable bonds is 5. The molecule has 0 saturated carbocycles. The van der Waals surface area contributed by atoms with E-state index in [0.29, 0.717) is 5.56 Å². The summed E-state index contributed by atoms with van der Waals surface area (Å²) in [6, 6.07) is 18.6. The predicted octanol–water partition coefficient (Wildman–Crippen LogP) is 4.50. The zero-order valence-electron chi connectivity index (χ0n) is 17.6. The molecule has 8 heteroatoms. The van der Waals surface area contributed by atoms with Crippen molar-refractivity contribution in [1.82, 2.24) is 0 Å². The summed E-state index contributed by atoms with van der Waals surface area (Å²) in [7, 11) is 0. The van der Waals surface area contributed by atoms with Crippen LogP contribution in [0.4, 0.5) is 11.4 Å². The Bertz CT molecular complexity index is 1310. The van der Waals surface area contributed by atoms with E-state index in [1.807, 2.05) is 0 Å². The van der Waals surface area contributed by atoms with Crippen LogP contribution in [0.1, 0.15) is 38.8 Å². The van der Waals surface area contributed by atoms with Crippen LogP contribution >= 0.6 is 0 Å². The fraction of sp³-hybridized carbons (Fsp3) is 0.0800. The Balaban J connectivity index is 1.83. The highest BCUT2D eigenvalue weighted by Crippen LogP contribution is 2.34. The summed E-state index contributed by atoms with van der Waals surface area (Å²) in [6.07, 6.45) is 1.42. The molecule has 0 radical (unpaired) electrons. The van der Waals surface area contributed by atoms with Gasteiger partial charge in [-0.25, -0.2) is 9.69 Å². The molecule has 0 N–H and O–H groups in total. The molecule has 0 unspecified atom stereocenters. The van der Waals surface area contributed by atoms with Gasteiger partial charge < -0.3 is 4.74 Å². The number of ether oxygens (including phenoxy) is 1. The number of benzene rings is 3. The molecule has 0 fully saturated rings. The van der Waals surface area contributed by atoms with Crippen LogP contribution in [-0.4, -0.2) is 29.3 Å². The third kappa shape index (κ3) is 4.01. The van der Waals surface area contributed by atoms with E-state index in [0.717, 1.165) is 4.90 Å².